The first-order valence-corrected chi connectivity index (χ1v) is 7.80. The van der Waals surface area contributed by atoms with Crippen LogP contribution in [0.15, 0.2) is 6.07 Å². The normalized spacial score (nSPS) is 21.9. The van der Waals surface area contributed by atoms with Crippen LogP contribution in [0.1, 0.15) is 29.0 Å². The molecule has 120 valence electrons. The molecule has 1 amide bonds. The summed E-state index contributed by atoms with van der Waals surface area (Å²) in [7, 11) is 0. The fourth-order valence-electron chi connectivity index (χ4n) is 2.70. The zero-order valence-corrected chi connectivity index (χ0v) is 12.9. The number of nitrogens with zero attached hydrogens (tertiary/aromatic N) is 3. The molecular formula is C15H22N4O3. The minimum absolute atomic E-state index is 0.0611. The lowest BCUT2D eigenvalue weighted by Gasteiger charge is -2.26. The quantitative estimate of drug-likeness (QED) is 0.888. The predicted molar refractivity (Wildman–Crippen MR) is 81.0 cm³/mol. The standard InChI is InChI=1S/C15H22N4O3/c1-11-9-13(14(20)19-4-7-21-8-5-19)18-15(17-11)16-10-12-3-2-6-22-12/h9,12H,2-8,10H2,1H3,(H,16,17,18). The van der Waals surface area contributed by atoms with Crippen LogP contribution in [0.4, 0.5) is 5.95 Å². The molecule has 1 N–H and O–H groups in total. The number of anilines is 1. The van der Waals surface area contributed by atoms with Gasteiger partial charge in [-0.3, -0.25) is 4.79 Å². The van der Waals surface area contributed by atoms with Gasteiger partial charge in [0.15, 0.2) is 0 Å². The van der Waals surface area contributed by atoms with Gasteiger partial charge in [-0.25, -0.2) is 9.97 Å². The van der Waals surface area contributed by atoms with Gasteiger partial charge in [-0.15, -0.1) is 0 Å². The zero-order valence-electron chi connectivity index (χ0n) is 12.9. The Morgan fingerprint density at radius 3 is 2.91 bits per heavy atom. The molecule has 2 saturated heterocycles. The van der Waals surface area contributed by atoms with E-state index in [2.05, 4.69) is 15.3 Å². The number of morpholine rings is 1. The minimum Gasteiger partial charge on any atom is -0.378 e. The van der Waals surface area contributed by atoms with Gasteiger partial charge in [-0.05, 0) is 25.8 Å². The molecule has 1 aromatic heterocycles. The molecule has 0 aliphatic carbocycles. The summed E-state index contributed by atoms with van der Waals surface area (Å²) >= 11 is 0. The lowest BCUT2D eigenvalue weighted by molar-refractivity contribution is 0.0299. The van der Waals surface area contributed by atoms with Gasteiger partial charge < -0.3 is 19.7 Å². The molecule has 2 fully saturated rings. The second-order valence-corrected chi connectivity index (χ2v) is 5.64. The fraction of sp³-hybridized carbons (Fsp3) is 0.667. The van der Waals surface area contributed by atoms with Crippen LogP contribution < -0.4 is 5.32 Å². The highest BCUT2D eigenvalue weighted by Crippen LogP contribution is 2.13. The number of aromatic nitrogens is 2. The number of amides is 1. The van der Waals surface area contributed by atoms with Crippen molar-refractivity contribution in [1.82, 2.24) is 14.9 Å². The van der Waals surface area contributed by atoms with Crippen molar-refractivity contribution in [1.29, 1.82) is 0 Å². The Bertz CT molecular complexity index is 526. The Balaban J connectivity index is 1.67. The van der Waals surface area contributed by atoms with Crippen molar-refractivity contribution in [2.24, 2.45) is 0 Å². The third-order valence-electron chi connectivity index (χ3n) is 3.88. The fourth-order valence-corrected chi connectivity index (χ4v) is 2.70. The van der Waals surface area contributed by atoms with Gasteiger partial charge in [0.1, 0.15) is 5.69 Å². The molecule has 22 heavy (non-hydrogen) atoms. The zero-order chi connectivity index (χ0) is 15.4. The van der Waals surface area contributed by atoms with Crippen LogP contribution in [0.5, 0.6) is 0 Å². The minimum atomic E-state index is -0.0611. The first-order valence-electron chi connectivity index (χ1n) is 7.80. The molecule has 1 unspecified atom stereocenters. The molecule has 0 aromatic carbocycles. The number of hydrogen-bond acceptors (Lipinski definition) is 6. The van der Waals surface area contributed by atoms with Crippen LogP contribution in [-0.4, -0.2) is 66.3 Å². The Morgan fingerprint density at radius 1 is 1.36 bits per heavy atom. The Labute approximate surface area is 130 Å². The van der Waals surface area contributed by atoms with E-state index >= 15 is 0 Å². The summed E-state index contributed by atoms with van der Waals surface area (Å²) in [5.74, 6) is 0.432. The van der Waals surface area contributed by atoms with E-state index in [1.54, 1.807) is 11.0 Å². The molecule has 1 aromatic rings. The Hall–Kier alpha value is -1.73. The molecule has 3 rings (SSSR count). The number of hydrogen-bond donors (Lipinski definition) is 1. The average Bonchev–Trinajstić information content (AvgIpc) is 3.06. The van der Waals surface area contributed by atoms with Crippen LogP contribution in [0.2, 0.25) is 0 Å². The molecule has 0 saturated carbocycles. The van der Waals surface area contributed by atoms with Gasteiger partial charge in [0, 0.05) is 31.9 Å². The summed E-state index contributed by atoms with van der Waals surface area (Å²) in [6.07, 6.45) is 2.36. The molecule has 7 heteroatoms. The van der Waals surface area contributed by atoms with Crippen molar-refractivity contribution in [3.63, 3.8) is 0 Å². The third-order valence-corrected chi connectivity index (χ3v) is 3.88. The summed E-state index contributed by atoms with van der Waals surface area (Å²) in [5, 5.41) is 3.18. The smallest absolute Gasteiger partial charge is 0.272 e. The average molecular weight is 306 g/mol. The summed E-state index contributed by atoms with van der Waals surface area (Å²) in [4.78, 5) is 23.0. The van der Waals surface area contributed by atoms with Crippen LogP contribution >= 0.6 is 0 Å². The lowest BCUT2D eigenvalue weighted by Crippen LogP contribution is -2.41. The van der Waals surface area contributed by atoms with E-state index in [4.69, 9.17) is 9.47 Å². The van der Waals surface area contributed by atoms with Crippen molar-refractivity contribution >= 4 is 11.9 Å². The highest BCUT2D eigenvalue weighted by molar-refractivity contribution is 5.92. The van der Waals surface area contributed by atoms with E-state index in [9.17, 15) is 4.79 Å². The number of ether oxygens (including phenoxy) is 2. The Morgan fingerprint density at radius 2 is 2.18 bits per heavy atom. The van der Waals surface area contributed by atoms with Gasteiger partial charge >= 0.3 is 0 Å². The van der Waals surface area contributed by atoms with Crippen LogP contribution in [-0.2, 0) is 9.47 Å². The van der Waals surface area contributed by atoms with Crippen LogP contribution in [0, 0.1) is 6.92 Å². The second-order valence-electron chi connectivity index (χ2n) is 5.64. The molecule has 2 aliphatic rings. The van der Waals surface area contributed by atoms with Crippen LogP contribution in [0.3, 0.4) is 0 Å². The van der Waals surface area contributed by atoms with Gasteiger partial charge in [0.05, 0.1) is 19.3 Å². The Kier molecular flexibility index (Phi) is 4.84. The van der Waals surface area contributed by atoms with Gasteiger partial charge in [-0.1, -0.05) is 0 Å². The third kappa shape index (κ3) is 3.72. The van der Waals surface area contributed by atoms with E-state index in [1.807, 2.05) is 6.92 Å². The van der Waals surface area contributed by atoms with Gasteiger partial charge in [-0.2, -0.15) is 0 Å². The van der Waals surface area contributed by atoms with Crippen molar-refractivity contribution in [3.8, 4) is 0 Å². The molecular weight excluding hydrogens is 284 g/mol. The van der Waals surface area contributed by atoms with E-state index in [0.717, 1.165) is 25.1 Å². The number of nitrogens with one attached hydrogen (secondary N) is 1. The van der Waals surface area contributed by atoms with E-state index in [-0.39, 0.29) is 12.0 Å². The lowest BCUT2D eigenvalue weighted by atomic mass is 10.2. The predicted octanol–water partition coefficient (Wildman–Crippen LogP) is 0.848. The number of carbonyl (C=O) groups is 1. The maximum Gasteiger partial charge on any atom is 0.272 e. The molecule has 7 nitrogen and oxygen atoms in total. The monoisotopic (exact) mass is 306 g/mol. The second kappa shape index (κ2) is 7.02. The number of rotatable bonds is 4. The SMILES string of the molecule is Cc1cc(C(=O)N2CCOCC2)nc(NCC2CCCO2)n1. The molecule has 3 heterocycles. The summed E-state index contributed by atoms with van der Waals surface area (Å²) in [5.41, 5.74) is 1.21. The van der Waals surface area contributed by atoms with Gasteiger partial charge in [0.25, 0.3) is 5.91 Å². The van der Waals surface area contributed by atoms with Crippen molar-refractivity contribution in [3.05, 3.63) is 17.5 Å². The molecule has 2 aliphatic heterocycles. The molecule has 1 atom stereocenters. The van der Waals surface area contributed by atoms with Crippen molar-refractivity contribution in [2.75, 3.05) is 44.8 Å². The molecule has 0 radical (unpaired) electrons. The summed E-state index contributed by atoms with van der Waals surface area (Å²) in [6.45, 7) is 5.76. The maximum atomic E-state index is 12.5. The molecule has 0 spiro atoms. The first kappa shape index (κ1) is 15.2. The van der Waals surface area contributed by atoms with Gasteiger partial charge in [0.2, 0.25) is 5.95 Å². The van der Waals surface area contributed by atoms with E-state index in [0.29, 0.717) is 44.5 Å². The topological polar surface area (TPSA) is 76.6 Å². The molecule has 0 bridgehead atoms. The van der Waals surface area contributed by atoms with E-state index in [1.165, 1.54) is 0 Å². The summed E-state index contributed by atoms with van der Waals surface area (Å²) in [6, 6.07) is 1.73. The summed E-state index contributed by atoms with van der Waals surface area (Å²) < 4.78 is 10.8. The highest BCUT2D eigenvalue weighted by Gasteiger charge is 2.21. The maximum absolute atomic E-state index is 12.5. The van der Waals surface area contributed by atoms with E-state index < -0.39 is 0 Å². The number of carbonyl (C=O) groups excluding carboxylic acids is 1. The number of aryl methyl sites for hydroxylation is 1. The van der Waals surface area contributed by atoms with Crippen molar-refractivity contribution in [2.45, 2.75) is 25.9 Å². The largest absolute Gasteiger partial charge is 0.378 e. The van der Waals surface area contributed by atoms with Crippen molar-refractivity contribution < 1.29 is 14.3 Å². The van der Waals surface area contributed by atoms with Crippen LogP contribution in [0.25, 0.3) is 0 Å². The first-order chi connectivity index (χ1) is 10.7. The highest BCUT2D eigenvalue weighted by atomic mass is 16.5.